The molecule has 0 atom stereocenters. The third kappa shape index (κ3) is 5.06. The van der Waals surface area contributed by atoms with Crippen molar-refractivity contribution in [1.82, 2.24) is 10.9 Å². The van der Waals surface area contributed by atoms with Crippen molar-refractivity contribution in [2.45, 2.75) is 13.8 Å². The smallest absolute Gasteiger partial charge is 0.269 e. The first-order chi connectivity index (χ1) is 12.4. The largest absolute Gasteiger partial charge is 0.493 e. The van der Waals surface area contributed by atoms with Gasteiger partial charge in [-0.25, -0.2) is 4.39 Å². The number of benzene rings is 2. The van der Waals surface area contributed by atoms with Crippen molar-refractivity contribution in [3.05, 3.63) is 53.3 Å². The number of hydrazine groups is 1. The van der Waals surface area contributed by atoms with Crippen LogP contribution >= 0.6 is 12.2 Å². The molecule has 2 rings (SSSR count). The van der Waals surface area contributed by atoms with Crippen LogP contribution in [0.4, 0.5) is 10.1 Å². The van der Waals surface area contributed by atoms with Gasteiger partial charge in [0.05, 0.1) is 13.7 Å². The van der Waals surface area contributed by atoms with E-state index >= 15 is 0 Å². The van der Waals surface area contributed by atoms with Crippen molar-refractivity contribution in [3.63, 3.8) is 0 Å². The zero-order chi connectivity index (χ0) is 19.1. The molecule has 0 aromatic heterocycles. The summed E-state index contributed by atoms with van der Waals surface area (Å²) in [5, 5.41) is 2.91. The van der Waals surface area contributed by atoms with Gasteiger partial charge in [-0.05, 0) is 62.0 Å². The highest BCUT2D eigenvalue weighted by atomic mass is 32.1. The number of thiocarbonyl (C=S) groups is 1. The lowest BCUT2D eigenvalue weighted by Gasteiger charge is -2.13. The van der Waals surface area contributed by atoms with E-state index in [1.807, 2.05) is 6.92 Å². The van der Waals surface area contributed by atoms with Gasteiger partial charge in [0.25, 0.3) is 5.91 Å². The predicted octanol–water partition coefficient (Wildman–Crippen LogP) is 3.17. The molecule has 6 nitrogen and oxygen atoms in total. The normalized spacial score (nSPS) is 10.0. The quantitative estimate of drug-likeness (QED) is 0.549. The number of carbonyl (C=O) groups excluding carboxylic acids is 1. The number of hydrogen-bond acceptors (Lipinski definition) is 4. The highest BCUT2D eigenvalue weighted by Crippen LogP contribution is 2.27. The van der Waals surface area contributed by atoms with Crippen molar-refractivity contribution in [1.29, 1.82) is 0 Å². The maximum absolute atomic E-state index is 13.5. The first kappa shape index (κ1) is 19.5. The monoisotopic (exact) mass is 377 g/mol. The molecule has 138 valence electrons. The van der Waals surface area contributed by atoms with E-state index in [2.05, 4.69) is 16.2 Å². The van der Waals surface area contributed by atoms with Crippen LogP contribution in [0.1, 0.15) is 22.8 Å². The molecule has 2 aromatic carbocycles. The minimum Gasteiger partial charge on any atom is -0.493 e. The molecular formula is C18H20FN3O3S. The second-order valence-electron chi connectivity index (χ2n) is 5.30. The van der Waals surface area contributed by atoms with Gasteiger partial charge >= 0.3 is 0 Å². The average molecular weight is 377 g/mol. The molecule has 0 fully saturated rings. The number of methoxy groups -OCH3 is 1. The van der Waals surface area contributed by atoms with Gasteiger partial charge in [0.15, 0.2) is 16.6 Å². The van der Waals surface area contributed by atoms with Gasteiger partial charge in [0, 0.05) is 11.3 Å². The molecule has 0 aliphatic carbocycles. The number of aryl methyl sites for hydroxylation is 1. The standard InChI is InChI=1S/C18H20FN3O3S/c1-4-25-15-8-6-12(9-16(15)24-3)17(23)21-22-18(26)20-13-7-5-11(2)14(19)10-13/h5-10H,4H2,1-3H3,(H,21,23)(H2,20,22,26). The van der Waals surface area contributed by atoms with Crippen LogP contribution in [-0.4, -0.2) is 24.7 Å². The SMILES string of the molecule is CCOc1ccc(C(=O)NNC(=S)Nc2ccc(C)c(F)c2)cc1OC. The molecule has 0 aliphatic rings. The van der Waals surface area contributed by atoms with Crippen molar-refractivity contribution in [3.8, 4) is 11.5 Å². The molecule has 0 spiro atoms. The lowest BCUT2D eigenvalue weighted by atomic mass is 10.2. The Labute approximate surface area is 156 Å². The van der Waals surface area contributed by atoms with Crippen LogP contribution in [0, 0.1) is 12.7 Å². The Morgan fingerprint density at radius 1 is 1.15 bits per heavy atom. The van der Waals surface area contributed by atoms with Crippen molar-refractivity contribution >= 4 is 28.9 Å². The van der Waals surface area contributed by atoms with Crippen LogP contribution in [-0.2, 0) is 0 Å². The lowest BCUT2D eigenvalue weighted by molar-refractivity contribution is 0.0943. The van der Waals surface area contributed by atoms with Crippen LogP contribution in [0.2, 0.25) is 0 Å². The highest BCUT2D eigenvalue weighted by Gasteiger charge is 2.11. The molecule has 0 saturated heterocycles. The Bertz CT molecular complexity index is 814. The van der Waals surface area contributed by atoms with Crippen LogP contribution in [0.3, 0.4) is 0 Å². The molecule has 0 radical (unpaired) electrons. The number of amides is 1. The van der Waals surface area contributed by atoms with Crippen LogP contribution < -0.4 is 25.6 Å². The second-order valence-corrected chi connectivity index (χ2v) is 5.70. The van der Waals surface area contributed by atoms with E-state index in [1.54, 1.807) is 37.3 Å². The molecule has 0 aliphatic heterocycles. The lowest BCUT2D eigenvalue weighted by Crippen LogP contribution is -2.43. The minimum absolute atomic E-state index is 0.125. The fourth-order valence-electron chi connectivity index (χ4n) is 2.10. The Morgan fingerprint density at radius 3 is 2.58 bits per heavy atom. The van der Waals surface area contributed by atoms with Gasteiger partial charge < -0.3 is 14.8 Å². The summed E-state index contributed by atoms with van der Waals surface area (Å²) in [4.78, 5) is 12.2. The van der Waals surface area contributed by atoms with Gasteiger partial charge in [-0.2, -0.15) is 0 Å². The van der Waals surface area contributed by atoms with Crippen LogP contribution in [0.5, 0.6) is 11.5 Å². The number of carbonyl (C=O) groups is 1. The van der Waals surface area contributed by atoms with Crippen molar-refractivity contribution in [2.24, 2.45) is 0 Å². The number of halogens is 1. The minimum atomic E-state index is -0.411. The Morgan fingerprint density at radius 2 is 1.92 bits per heavy atom. The molecular weight excluding hydrogens is 357 g/mol. The maximum Gasteiger partial charge on any atom is 0.269 e. The molecule has 8 heteroatoms. The van der Waals surface area contributed by atoms with Crippen molar-refractivity contribution < 1.29 is 18.7 Å². The van der Waals surface area contributed by atoms with Gasteiger partial charge in [-0.15, -0.1) is 0 Å². The van der Waals surface area contributed by atoms with Gasteiger partial charge in [0.1, 0.15) is 5.82 Å². The number of hydrogen-bond donors (Lipinski definition) is 3. The first-order valence-corrected chi connectivity index (χ1v) is 8.29. The third-order valence-corrected chi connectivity index (χ3v) is 3.65. The summed E-state index contributed by atoms with van der Waals surface area (Å²) in [6.07, 6.45) is 0. The second kappa shape index (κ2) is 9.00. The zero-order valence-electron chi connectivity index (χ0n) is 14.7. The summed E-state index contributed by atoms with van der Waals surface area (Å²) in [5.74, 6) is 0.252. The third-order valence-electron chi connectivity index (χ3n) is 3.44. The van der Waals surface area contributed by atoms with Gasteiger partial charge in [-0.1, -0.05) is 6.07 Å². The topological polar surface area (TPSA) is 71.6 Å². The number of rotatable bonds is 5. The first-order valence-electron chi connectivity index (χ1n) is 7.89. The number of anilines is 1. The van der Waals surface area contributed by atoms with Gasteiger partial charge in [0.2, 0.25) is 0 Å². The predicted molar refractivity (Wildman–Crippen MR) is 102 cm³/mol. The Kier molecular flexibility index (Phi) is 6.74. The fourth-order valence-corrected chi connectivity index (χ4v) is 2.27. The number of ether oxygens (including phenoxy) is 2. The maximum atomic E-state index is 13.5. The highest BCUT2D eigenvalue weighted by molar-refractivity contribution is 7.80. The number of nitrogens with one attached hydrogen (secondary N) is 3. The van der Waals surface area contributed by atoms with Gasteiger partial charge in [-0.3, -0.25) is 15.6 Å². The summed E-state index contributed by atoms with van der Waals surface area (Å²) in [7, 11) is 1.50. The van der Waals surface area contributed by atoms with E-state index in [1.165, 1.54) is 13.2 Å². The average Bonchev–Trinajstić information content (AvgIpc) is 2.63. The zero-order valence-corrected chi connectivity index (χ0v) is 15.5. The molecule has 0 heterocycles. The van der Waals surface area contributed by atoms with E-state index in [0.717, 1.165) is 0 Å². The summed E-state index contributed by atoms with van der Waals surface area (Å²) < 4.78 is 24.2. The van der Waals surface area contributed by atoms with E-state index in [-0.39, 0.29) is 10.9 Å². The molecule has 3 N–H and O–H groups in total. The van der Waals surface area contributed by atoms with Crippen LogP contribution in [0.15, 0.2) is 36.4 Å². The molecule has 0 saturated carbocycles. The summed E-state index contributed by atoms with van der Waals surface area (Å²) >= 11 is 5.08. The van der Waals surface area contributed by atoms with E-state index in [0.29, 0.717) is 34.9 Å². The molecule has 0 unspecified atom stereocenters. The van der Waals surface area contributed by atoms with Crippen LogP contribution in [0.25, 0.3) is 0 Å². The fraction of sp³-hybridized carbons (Fsp3) is 0.222. The molecule has 0 bridgehead atoms. The Balaban J connectivity index is 1.95. The van der Waals surface area contributed by atoms with Crippen molar-refractivity contribution in [2.75, 3.05) is 19.0 Å². The molecule has 2 aromatic rings. The van der Waals surface area contributed by atoms with E-state index < -0.39 is 5.91 Å². The molecule has 26 heavy (non-hydrogen) atoms. The Hall–Kier alpha value is -2.87. The summed E-state index contributed by atoms with van der Waals surface area (Å²) in [6.45, 7) is 4.02. The summed E-state index contributed by atoms with van der Waals surface area (Å²) in [6, 6.07) is 9.46. The van der Waals surface area contributed by atoms with E-state index in [9.17, 15) is 9.18 Å². The summed E-state index contributed by atoms with van der Waals surface area (Å²) in [5.41, 5.74) is 6.40. The van der Waals surface area contributed by atoms with E-state index in [4.69, 9.17) is 21.7 Å². The molecule has 1 amide bonds.